The molecule has 0 saturated heterocycles. The molecule has 28 heavy (non-hydrogen) atoms. The zero-order chi connectivity index (χ0) is 19.7. The molecule has 0 aromatic heterocycles. The Balaban J connectivity index is 1.40. The lowest BCUT2D eigenvalue weighted by molar-refractivity contribution is -0.129. The fourth-order valence-electron chi connectivity index (χ4n) is 3.71. The highest BCUT2D eigenvalue weighted by Gasteiger charge is 2.47. The number of nitrogens with one attached hydrogen (secondary N) is 2. The number of benzene rings is 2. The van der Waals surface area contributed by atoms with Crippen molar-refractivity contribution in [1.82, 2.24) is 15.5 Å². The Morgan fingerprint density at radius 3 is 2.46 bits per heavy atom. The molecule has 2 aromatic carbocycles. The molecule has 4 rings (SSSR count). The SMILES string of the molecule is CC(NC(=O)CNC(=O)C1c2ccccc2C(=O)N1C1CC1)c1ccccc1. The van der Waals surface area contributed by atoms with Gasteiger partial charge < -0.3 is 15.5 Å². The number of carbonyl (C=O) groups is 3. The average Bonchev–Trinajstić information content (AvgIpc) is 3.51. The number of hydrogen-bond donors (Lipinski definition) is 2. The van der Waals surface area contributed by atoms with Crippen LogP contribution in [0.4, 0.5) is 0 Å². The summed E-state index contributed by atoms with van der Waals surface area (Å²) in [6.45, 7) is 1.77. The molecule has 2 unspecified atom stereocenters. The molecule has 1 saturated carbocycles. The fraction of sp³-hybridized carbons (Fsp3) is 0.318. The van der Waals surface area contributed by atoms with Gasteiger partial charge in [-0.05, 0) is 37.0 Å². The van der Waals surface area contributed by atoms with E-state index in [1.807, 2.05) is 49.4 Å². The average molecular weight is 377 g/mol. The van der Waals surface area contributed by atoms with Crippen LogP contribution < -0.4 is 10.6 Å². The molecule has 144 valence electrons. The highest BCUT2D eigenvalue weighted by atomic mass is 16.2. The van der Waals surface area contributed by atoms with Crippen molar-refractivity contribution in [3.05, 3.63) is 71.3 Å². The molecule has 1 aliphatic carbocycles. The van der Waals surface area contributed by atoms with Crippen LogP contribution in [0.5, 0.6) is 0 Å². The molecule has 2 N–H and O–H groups in total. The number of hydrogen-bond acceptors (Lipinski definition) is 3. The van der Waals surface area contributed by atoms with Gasteiger partial charge in [-0.2, -0.15) is 0 Å². The van der Waals surface area contributed by atoms with E-state index in [4.69, 9.17) is 0 Å². The van der Waals surface area contributed by atoms with Gasteiger partial charge in [0.05, 0.1) is 12.6 Å². The van der Waals surface area contributed by atoms with E-state index in [-0.39, 0.29) is 36.3 Å². The van der Waals surface area contributed by atoms with Crippen molar-refractivity contribution in [2.24, 2.45) is 0 Å². The van der Waals surface area contributed by atoms with E-state index >= 15 is 0 Å². The molecule has 1 heterocycles. The summed E-state index contributed by atoms with van der Waals surface area (Å²) in [6.07, 6.45) is 1.83. The second-order valence-electron chi connectivity index (χ2n) is 7.35. The molecular weight excluding hydrogens is 354 g/mol. The van der Waals surface area contributed by atoms with Crippen molar-refractivity contribution in [3.63, 3.8) is 0 Å². The summed E-state index contributed by atoms with van der Waals surface area (Å²) in [7, 11) is 0. The normalized spacial score (nSPS) is 19.1. The van der Waals surface area contributed by atoms with E-state index in [1.165, 1.54) is 0 Å². The monoisotopic (exact) mass is 377 g/mol. The molecule has 1 fully saturated rings. The Hall–Kier alpha value is -3.15. The largest absolute Gasteiger partial charge is 0.348 e. The third kappa shape index (κ3) is 3.50. The predicted molar refractivity (Wildman–Crippen MR) is 104 cm³/mol. The van der Waals surface area contributed by atoms with Crippen LogP contribution in [0.25, 0.3) is 0 Å². The first-order valence-corrected chi connectivity index (χ1v) is 9.60. The van der Waals surface area contributed by atoms with Crippen LogP contribution in [0.3, 0.4) is 0 Å². The number of fused-ring (bicyclic) bond motifs is 1. The minimum atomic E-state index is -0.657. The first kappa shape index (κ1) is 18.2. The van der Waals surface area contributed by atoms with Crippen LogP contribution in [-0.2, 0) is 9.59 Å². The van der Waals surface area contributed by atoms with Gasteiger partial charge in [-0.3, -0.25) is 14.4 Å². The molecule has 6 heteroatoms. The summed E-state index contributed by atoms with van der Waals surface area (Å²) < 4.78 is 0. The van der Waals surface area contributed by atoms with Crippen molar-refractivity contribution in [2.45, 2.75) is 37.9 Å². The molecule has 0 bridgehead atoms. The van der Waals surface area contributed by atoms with E-state index < -0.39 is 6.04 Å². The minimum Gasteiger partial charge on any atom is -0.348 e. The fourth-order valence-corrected chi connectivity index (χ4v) is 3.71. The van der Waals surface area contributed by atoms with Gasteiger partial charge in [0.15, 0.2) is 0 Å². The topological polar surface area (TPSA) is 78.5 Å². The lowest BCUT2D eigenvalue weighted by Gasteiger charge is -2.24. The van der Waals surface area contributed by atoms with Crippen LogP contribution in [-0.4, -0.2) is 35.2 Å². The Morgan fingerprint density at radius 2 is 1.75 bits per heavy atom. The van der Waals surface area contributed by atoms with Gasteiger partial charge in [-0.1, -0.05) is 48.5 Å². The maximum atomic E-state index is 12.9. The second kappa shape index (κ2) is 7.46. The predicted octanol–water partition coefficient (Wildman–Crippen LogP) is 2.34. The number of amides is 3. The summed E-state index contributed by atoms with van der Waals surface area (Å²) in [5, 5.41) is 5.59. The molecule has 6 nitrogen and oxygen atoms in total. The van der Waals surface area contributed by atoms with Crippen LogP contribution in [0.2, 0.25) is 0 Å². The zero-order valence-electron chi connectivity index (χ0n) is 15.7. The van der Waals surface area contributed by atoms with Crippen molar-refractivity contribution in [1.29, 1.82) is 0 Å². The quantitative estimate of drug-likeness (QED) is 0.811. The molecule has 1 aliphatic heterocycles. The molecule has 0 radical (unpaired) electrons. The van der Waals surface area contributed by atoms with Gasteiger partial charge in [0, 0.05) is 11.6 Å². The number of rotatable bonds is 6. The Kier molecular flexibility index (Phi) is 4.86. The molecule has 2 aromatic rings. The Labute approximate surface area is 163 Å². The summed E-state index contributed by atoms with van der Waals surface area (Å²) in [5.74, 6) is -0.673. The lowest BCUT2D eigenvalue weighted by atomic mass is 10.0. The standard InChI is InChI=1S/C22H23N3O3/c1-14(15-7-3-2-4-8-15)24-19(26)13-23-21(27)20-17-9-5-6-10-18(17)22(28)25(20)16-11-12-16/h2-10,14,16,20H,11-13H2,1H3,(H,23,27)(H,24,26). The van der Waals surface area contributed by atoms with Crippen LogP contribution in [0, 0.1) is 0 Å². The lowest BCUT2D eigenvalue weighted by Crippen LogP contribution is -2.44. The van der Waals surface area contributed by atoms with Gasteiger partial charge >= 0.3 is 0 Å². The summed E-state index contributed by atoms with van der Waals surface area (Å²) in [5.41, 5.74) is 2.30. The molecule has 2 atom stereocenters. The maximum absolute atomic E-state index is 12.9. The van der Waals surface area contributed by atoms with Crippen molar-refractivity contribution >= 4 is 17.7 Å². The van der Waals surface area contributed by atoms with E-state index in [1.54, 1.807) is 17.0 Å². The van der Waals surface area contributed by atoms with E-state index in [0.29, 0.717) is 5.56 Å². The van der Waals surface area contributed by atoms with Gasteiger partial charge in [-0.25, -0.2) is 0 Å². The first-order chi connectivity index (χ1) is 13.6. The smallest absolute Gasteiger partial charge is 0.255 e. The van der Waals surface area contributed by atoms with Gasteiger partial charge in [0.2, 0.25) is 11.8 Å². The highest BCUT2D eigenvalue weighted by molar-refractivity contribution is 6.05. The third-order valence-corrected chi connectivity index (χ3v) is 5.29. The van der Waals surface area contributed by atoms with Crippen molar-refractivity contribution in [2.75, 3.05) is 6.54 Å². The highest BCUT2D eigenvalue weighted by Crippen LogP contribution is 2.41. The number of nitrogens with zero attached hydrogens (tertiary/aromatic N) is 1. The number of carbonyl (C=O) groups excluding carboxylic acids is 3. The third-order valence-electron chi connectivity index (χ3n) is 5.29. The van der Waals surface area contributed by atoms with Crippen molar-refractivity contribution in [3.8, 4) is 0 Å². The second-order valence-corrected chi connectivity index (χ2v) is 7.35. The molecule has 2 aliphatic rings. The van der Waals surface area contributed by atoms with Gasteiger partial charge in [-0.15, -0.1) is 0 Å². The zero-order valence-corrected chi connectivity index (χ0v) is 15.7. The Bertz CT molecular complexity index is 908. The van der Waals surface area contributed by atoms with Crippen LogP contribution >= 0.6 is 0 Å². The van der Waals surface area contributed by atoms with E-state index in [0.717, 1.165) is 24.0 Å². The van der Waals surface area contributed by atoms with Gasteiger partial charge in [0.25, 0.3) is 5.91 Å². The summed E-state index contributed by atoms with van der Waals surface area (Å²) >= 11 is 0. The van der Waals surface area contributed by atoms with Crippen molar-refractivity contribution < 1.29 is 14.4 Å². The summed E-state index contributed by atoms with van der Waals surface area (Å²) in [4.78, 5) is 39.5. The van der Waals surface area contributed by atoms with Crippen LogP contribution in [0.15, 0.2) is 54.6 Å². The molecule has 0 spiro atoms. The van der Waals surface area contributed by atoms with Gasteiger partial charge in [0.1, 0.15) is 6.04 Å². The maximum Gasteiger partial charge on any atom is 0.255 e. The molecule has 3 amide bonds. The van der Waals surface area contributed by atoms with E-state index in [2.05, 4.69) is 10.6 Å². The minimum absolute atomic E-state index is 0.0969. The van der Waals surface area contributed by atoms with Crippen LogP contribution in [0.1, 0.15) is 53.3 Å². The van der Waals surface area contributed by atoms with E-state index in [9.17, 15) is 14.4 Å². The first-order valence-electron chi connectivity index (χ1n) is 9.60. The molecular formula is C22H23N3O3. The Morgan fingerprint density at radius 1 is 1.07 bits per heavy atom. The summed E-state index contributed by atoms with van der Waals surface area (Å²) in [6, 6.07) is 16.2.